The number of hydrogen-bond donors (Lipinski definition) is 0. The van der Waals surface area contributed by atoms with Crippen molar-refractivity contribution in [3.05, 3.63) is 83.4 Å². The summed E-state index contributed by atoms with van der Waals surface area (Å²) in [6, 6.07) is 15.3. The van der Waals surface area contributed by atoms with Crippen molar-refractivity contribution in [3.8, 4) is 11.1 Å². The van der Waals surface area contributed by atoms with Gasteiger partial charge in [-0.15, -0.1) is 0 Å². The number of fused-ring (bicyclic) bond motifs is 1. The van der Waals surface area contributed by atoms with Crippen LogP contribution in [-0.2, 0) is 12.8 Å². The van der Waals surface area contributed by atoms with Crippen molar-refractivity contribution in [2.75, 3.05) is 0 Å². The lowest BCUT2D eigenvalue weighted by Crippen LogP contribution is -1.94. The molecule has 0 unspecified atom stereocenters. The first-order chi connectivity index (χ1) is 13.6. The highest BCUT2D eigenvalue weighted by atomic mass is 19.2. The Balaban J connectivity index is 1.89. The summed E-state index contributed by atoms with van der Waals surface area (Å²) < 4.78 is 29.6. The maximum Gasteiger partial charge on any atom is 0.167 e. The summed E-state index contributed by atoms with van der Waals surface area (Å²) in [6.07, 6.45) is 10.4. The number of unbranched alkanes of at least 4 members (excludes halogenated alkanes) is 2. The lowest BCUT2D eigenvalue weighted by atomic mass is 9.96. The molecule has 0 saturated carbocycles. The maximum absolute atomic E-state index is 14.8. The van der Waals surface area contributed by atoms with Crippen molar-refractivity contribution >= 4 is 10.8 Å². The Hall–Kier alpha value is -2.48. The molecule has 0 atom stereocenters. The fraction of sp³-hybridized carbons (Fsp3) is 0.308. The molecule has 0 aliphatic rings. The summed E-state index contributed by atoms with van der Waals surface area (Å²) in [4.78, 5) is 0. The SMILES string of the molecule is C/C=C/CCc1ccc2cc(-c3ccc(CCCCC)cc3)c(F)c(F)c2c1. The minimum Gasteiger partial charge on any atom is -0.203 e. The quantitative estimate of drug-likeness (QED) is 0.275. The summed E-state index contributed by atoms with van der Waals surface area (Å²) >= 11 is 0. The average molecular weight is 379 g/mol. The topological polar surface area (TPSA) is 0 Å². The summed E-state index contributed by atoms with van der Waals surface area (Å²) in [6.45, 7) is 4.17. The van der Waals surface area contributed by atoms with Gasteiger partial charge in [0, 0.05) is 10.9 Å². The predicted octanol–water partition coefficient (Wildman–Crippen LogP) is 8.03. The third kappa shape index (κ3) is 4.67. The number of benzene rings is 3. The van der Waals surface area contributed by atoms with Crippen LogP contribution < -0.4 is 0 Å². The van der Waals surface area contributed by atoms with Crippen LogP contribution in [0.1, 0.15) is 50.7 Å². The molecule has 0 bridgehead atoms. The van der Waals surface area contributed by atoms with E-state index in [0.29, 0.717) is 10.9 Å². The minimum atomic E-state index is -0.767. The van der Waals surface area contributed by atoms with Gasteiger partial charge in [-0.1, -0.05) is 68.3 Å². The highest BCUT2D eigenvalue weighted by Crippen LogP contribution is 2.32. The molecule has 0 amide bonds. The van der Waals surface area contributed by atoms with Gasteiger partial charge in [-0.3, -0.25) is 0 Å². The molecule has 3 aromatic carbocycles. The molecule has 0 spiro atoms. The Kier molecular flexibility index (Phi) is 6.97. The number of rotatable bonds is 8. The molecule has 2 heteroatoms. The monoisotopic (exact) mass is 378 g/mol. The van der Waals surface area contributed by atoms with Gasteiger partial charge in [0.25, 0.3) is 0 Å². The number of aryl methyl sites for hydroxylation is 2. The molecular formula is C26H28F2. The van der Waals surface area contributed by atoms with E-state index >= 15 is 0 Å². The lowest BCUT2D eigenvalue weighted by Gasteiger charge is -2.10. The molecule has 0 aromatic heterocycles. The van der Waals surface area contributed by atoms with Crippen LogP contribution in [0.25, 0.3) is 21.9 Å². The second-order valence-corrected chi connectivity index (χ2v) is 7.37. The van der Waals surface area contributed by atoms with E-state index in [1.165, 1.54) is 18.4 Å². The molecular weight excluding hydrogens is 350 g/mol. The van der Waals surface area contributed by atoms with Crippen molar-refractivity contribution in [3.63, 3.8) is 0 Å². The Morgan fingerprint density at radius 3 is 2.29 bits per heavy atom. The Labute approximate surface area is 166 Å². The highest BCUT2D eigenvalue weighted by molar-refractivity contribution is 5.89. The molecule has 0 aliphatic heterocycles. The van der Waals surface area contributed by atoms with Gasteiger partial charge < -0.3 is 0 Å². The smallest absolute Gasteiger partial charge is 0.167 e. The van der Waals surface area contributed by atoms with Crippen molar-refractivity contribution < 1.29 is 8.78 Å². The van der Waals surface area contributed by atoms with Gasteiger partial charge in [0.1, 0.15) is 0 Å². The van der Waals surface area contributed by atoms with Crippen LogP contribution in [-0.4, -0.2) is 0 Å². The van der Waals surface area contributed by atoms with Gasteiger partial charge in [0.05, 0.1) is 0 Å². The van der Waals surface area contributed by atoms with Crippen molar-refractivity contribution in [2.24, 2.45) is 0 Å². The molecule has 0 fully saturated rings. The van der Waals surface area contributed by atoms with Gasteiger partial charge in [0.2, 0.25) is 0 Å². The van der Waals surface area contributed by atoms with Crippen LogP contribution in [0.5, 0.6) is 0 Å². The molecule has 0 heterocycles. The van der Waals surface area contributed by atoms with Crippen LogP contribution in [0.4, 0.5) is 8.78 Å². The van der Waals surface area contributed by atoms with Crippen LogP contribution in [0.15, 0.2) is 60.7 Å². The zero-order valence-electron chi connectivity index (χ0n) is 16.8. The largest absolute Gasteiger partial charge is 0.203 e. The van der Waals surface area contributed by atoms with E-state index in [1.807, 2.05) is 49.4 Å². The first kappa shape index (κ1) is 20.3. The van der Waals surface area contributed by atoms with E-state index in [4.69, 9.17) is 0 Å². The number of halogens is 2. The van der Waals surface area contributed by atoms with E-state index in [1.54, 1.807) is 12.1 Å². The van der Waals surface area contributed by atoms with Crippen LogP contribution in [0.3, 0.4) is 0 Å². The fourth-order valence-corrected chi connectivity index (χ4v) is 3.59. The van der Waals surface area contributed by atoms with Crippen LogP contribution in [0, 0.1) is 11.6 Å². The highest BCUT2D eigenvalue weighted by Gasteiger charge is 2.15. The molecule has 3 rings (SSSR count). The maximum atomic E-state index is 14.8. The fourth-order valence-electron chi connectivity index (χ4n) is 3.59. The van der Waals surface area contributed by atoms with E-state index in [9.17, 15) is 8.78 Å². The zero-order chi connectivity index (χ0) is 19.9. The van der Waals surface area contributed by atoms with Crippen molar-refractivity contribution in [2.45, 2.75) is 52.4 Å². The molecule has 0 saturated heterocycles. The first-order valence-electron chi connectivity index (χ1n) is 10.2. The second kappa shape index (κ2) is 9.64. The molecule has 28 heavy (non-hydrogen) atoms. The standard InChI is InChI=1S/C26H28F2/c1-3-5-7-9-19-11-14-21(15-12-19)24-18-22-16-13-20(10-8-6-4-2)17-23(22)25(27)26(24)28/h4,6,11-18H,3,5,7-10H2,1-2H3/b6-4+. The summed E-state index contributed by atoms with van der Waals surface area (Å²) in [5.41, 5.74) is 3.30. The van der Waals surface area contributed by atoms with Gasteiger partial charge in [-0.2, -0.15) is 0 Å². The third-order valence-electron chi connectivity index (χ3n) is 5.25. The lowest BCUT2D eigenvalue weighted by molar-refractivity contribution is 0.519. The van der Waals surface area contributed by atoms with Gasteiger partial charge in [-0.25, -0.2) is 8.78 Å². The first-order valence-corrected chi connectivity index (χ1v) is 10.2. The molecule has 0 aliphatic carbocycles. The van der Waals surface area contributed by atoms with Gasteiger partial charge >= 0.3 is 0 Å². The van der Waals surface area contributed by atoms with Crippen molar-refractivity contribution in [1.82, 2.24) is 0 Å². The van der Waals surface area contributed by atoms with E-state index < -0.39 is 11.6 Å². The van der Waals surface area contributed by atoms with E-state index in [2.05, 4.69) is 13.0 Å². The van der Waals surface area contributed by atoms with Crippen LogP contribution in [0.2, 0.25) is 0 Å². The average Bonchev–Trinajstić information content (AvgIpc) is 2.72. The predicted molar refractivity (Wildman–Crippen MR) is 116 cm³/mol. The normalized spacial score (nSPS) is 11.6. The molecule has 146 valence electrons. The third-order valence-corrected chi connectivity index (χ3v) is 5.25. The molecule has 0 N–H and O–H groups in total. The molecule has 0 radical (unpaired) electrons. The number of allylic oxidation sites excluding steroid dienone is 2. The zero-order valence-corrected chi connectivity index (χ0v) is 16.8. The van der Waals surface area contributed by atoms with E-state index in [-0.39, 0.29) is 0 Å². The Morgan fingerprint density at radius 1 is 0.821 bits per heavy atom. The van der Waals surface area contributed by atoms with Crippen molar-refractivity contribution in [1.29, 1.82) is 0 Å². The van der Waals surface area contributed by atoms with Gasteiger partial charge in [0.15, 0.2) is 11.6 Å². The Morgan fingerprint density at radius 2 is 1.57 bits per heavy atom. The summed E-state index contributed by atoms with van der Waals surface area (Å²) in [5, 5.41) is 1.09. The summed E-state index contributed by atoms with van der Waals surface area (Å²) in [5.74, 6) is -1.52. The Bertz CT molecular complexity index is 952. The van der Waals surface area contributed by atoms with E-state index in [0.717, 1.165) is 42.2 Å². The number of hydrogen-bond acceptors (Lipinski definition) is 0. The second-order valence-electron chi connectivity index (χ2n) is 7.37. The molecule has 3 aromatic rings. The summed E-state index contributed by atoms with van der Waals surface area (Å²) in [7, 11) is 0. The minimum absolute atomic E-state index is 0.326. The molecule has 0 nitrogen and oxygen atoms in total. The van der Waals surface area contributed by atoms with Crippen LogP contribution >= 0.6 is 0 Å². The van der Waals surface area contributed by atoms with Gasteiger partial charge in [-0.05, 0) is 66.8 Å².